The molecule has 0 amide bonds. The minimum atomic E-state index is -0.653. The highest BCUT2D eigenvalue weighted by atomic mass is 16.5. The zero-order valence-corrected chi connectivity index (χ0v) is 15.5. The number of nitrogens with zero attached hydrogens (tertiary/aromatic N) is 4. The quantitative estimate of drug-likeness (QED) is 0.844. The molecule has 0 N–H and O–H groups in total. The Morgan fingerprint density at radius 2 is 2.23 bits per heavy atom. The van der Waals surface area contributed by atoms with Crippen LogP contribution in [0.4, 0.5) is 0 Å². The molecule has 1 aliphatic rings. The lowest BCUT2D eigenvalue weighted by atomic mass is 9.69. The molecule has 3 rings (SSSR count). The monoisotopic (exact) mass is 350 g/mol. The number of carbonyl (C=O) groups excluding carboxylic acids is 1. The zero-order valence-electron chi connectivity index (χ0n) is 15.5. The lowest BCUT2D eigenvalue weighted by Crippen LogP contribution is -2.35. The number of aryl methyl sites for hydroxylation is 1. The molecule has 6 heteroatoms. The van der Waals surface area contributed by atoms with Crippen molar-refractivity contribution in [2.24, 2.45) is 12.5 Å². The molecule has 0 fully saturated rings. The Bertz CT molecular complexity index is 918. The van der Waals surface area contributed by atoms with Crippen LogP contribution >= 0.6 is 0 Å². The van der Waals surface area contributed by atoms with Crippen molar-refractivity contribution in [2.45, 2.75) is 33.1 Å². The van der Waals surface area contributed by atoms with Crippen molar-refractivity contribution in [3.63, 3.8) is 0 Å². The fourth-order valence-electron chi connectivity index (χ4n) is 3.47. The van der Waals surface area contributed by atoms with Crippen LogP contribution in [0.2, 0.25) is 0 Å². The van der Waals surface area contributed by atoms with E-state index in [1.807, 2.05) is 46.1 Å². The molecular formula is C20H22N4O2. The van der Waals surface area contributed by atoms with Crippen LogP contribution in [0.1, 0.15) is 38.8 Å². The number of ether oxygens (including phenoxy) is 1. The van der Waals surface area contributed by atoms with Crippen molar-refractivity contribution in [2.75, 3.05) is 6.61 Å². The summed E-state index contributed by atoms with van der Waals surface area (Å²) < 4.78 is 7.53. The first-order valence-corrected chi connectivity index (χ1v) is 8.64. The Kier molecular flexibility index (Phi) is 4.64. The third-order valence-corrected chi connectivity index (χ3v) is 4.72. The lowest BCUT2D eigenvalue weighted by Gasteiger charge is -2.35. The van der Waals surface area contributed by atoms with Gasteiger partial charge in [-0.15, -0.1) is 0 Å². The number of hydrogen-bond donors (Lipinski definition) is 0. The average molecular weight is 350 g/mol. The molecule has 0 radical (unpaired) electrons. The molecule has 0 spiro atoms. The van der Waals surface area contributed by atoms with E-state index in [4.69, 9.17) is 4.74 Å². The fraction of sp³-hybridized carbons (Fsp3) is 0.400. The third kappa shape index (κ3) is 3.01. The summed E-state index contributed by atoms with van der Waals surface area (Å²) in [5, 5.41) is 13.8. The number of Topliss-reactive ketones (excluding diaryl/α,β-unsaturated/α-hetero) is 1. The maximum Gasteiger partial charge on any atom is 0.182 e. The van der Waals surface area contributed by atoms with Crippen molar-refractivity contribution >= 4 is 5.78 Å². The van der Waals surface area contributed by atoms with Crippen LogP contribution in [-0.4, -0.2) is 27.2 Å². The molecular weight excluding hydrogens is 328 g/mol. The summed E-state index contributed by atoms with van der Waals surface area (Å²) in [4.78, 5) is 17.3. The van der Waals surface area contributed by atoms with E-state index in [0.717, 1.165) is 16.8 Å². The van der Waals surface area contributed by atoms with Crippen molar-refractivity contribution in [1.29, 1.82) is 5.26 Å². The summed E-state index contributed by atoms with van der Waals surface area (Å²) in [6.07, 6.45) is 5.98. The van der Waals surface area contributed by atoms with Gasteiger partial charge in [0.05, 0.1) is 24.4 Å². The molecule has 0 saturated heterocycles. The first kappa shape index (κ1) is 17.9. The standard InChI is InChI=1S/C20H22N4O2/c1-5-26-18-15(9-20(2,3)19(25)16(18)10-21)17-14(7-6-8-22-17)13-11-23-24(4)12-13/h6-8,11-12,15H,5,9H2,1-4H3. The summed E-state index contributed by atoms with van der Waals surface area (Å²) >= 11 is 0. The molecule has 0 aliphatic heterocycles. The Morgan fingerprint density at radius 3 is 2.85 bits per heavy atom. The Hall–Kier alpha value is -2.94. The number of pyridine rings is 1. The zero-order chi connectivity index (χ0) is 18.9. The molecule has 6 nitrogen and oxygen atoms in total. The van der Waals surface area contributed by atoms with Crippen LogP contribution in [0, 0.1) is 16.7 Å². The van der Waals surface area contributed by atoms with Crippen molar-refractivity contribution in [3.8, 4) is 17.2 Å². The van der Waals surface area contributed by atoms with Gasteiger partial charge >= 0.3 is 0 Å². The Balaban J connectivity index is 2.21. The third-order valence-electron chi connectivity index (χ3n) is 4.72. The Morgan fingerprint density at radius 1 is 1.46 bits per heavy atom. The summed E-state index contributed by atoms with van der Waals surface area (Å²) in [6, 6.07) is 5.93. The number of rotatable bonds is 4. The second-order valence-electron chi connectivity index (χ2n) is 7.09. The van der Waals surface area contributed by atoms with Gasteiger partial charge in [-0.25, -0.2) is 0 Å². The molecule has 1 aliphatic carbocycles. The van der Waals surface area contributed by atoms with Gasteiger partial charge in [-0.1, -0.05) is 19.9 Å². The van der Waals surface area contributed by atoms with Gasteiger partial charge in [0.1, 0.15) is 17.4 Å². The van der Waals surface area contributed by atoms with Crippen LogP contribution in [0.25, 0.3) is 11.1 Å². The molecule has 1 unspecified atom stereocenters. The van der Waals surface area contributed by atoms with E-state index >= 15 is 0 Å². The normalized spacial score (nSPS) is 19.3. The molecule has 0 saturated carbocycles. The summed E-state index contributed by atoms with van der Waals surface area (Å²) in [6.45, 7) is 5.98. The summed E-state index contributed by atoms with van der Waals surface area (Å²) in [5.74, 6) is 0.00966. The molecule has 1 atom stereocenters. The maximum atomic E-state index is 12.7. The molecule has 134 valence electrons. The van der Waals surface area contributed by atoms with Crippen LogP contribution in [0.15, 0.2) is 42.1 Å². The van der Waals surface area contributed by atoms with E-state index in [9.17, 15) is 10.1 Å². The number of aromatic nitrogens is 3. The van der Waals surface area contributed by atoms with Gasteiger partial charge in [0.2, 0.25) is 0 Å². The van der Waals surface area contributed by atoms with Gasteiger partial charge in [-0.2, -0.15) is 10.4 Å². The number of hydrogen-bond acceptors (Lipinski definition) is 5. The van der Waals surface area contributed by atoms with Crippen LogP contribution < -0.4 is 0 Å². The van der Waals surface area contributed by atoms with Gasteiger partial charge in [0, 0.05) is 36.0 Å². The van der Waals surface area contributed by atoms with E-state index in [1.54, 1.807) is 17.1 Å². The van der Waals surface area contributed by atoms with E-state index in [-0.39, 0.29) is 17.3 Å². The molecule has 0 aromatic carbocycles. The highest BCUT2D eigenvalue weighted by Crippen LogP contribution is 2.46. The van der Waals surface area contributed by atoms with Gasteiger partial charge in [-0.05, 0) is 19.4 Å². The average Bonchev–Trinajstić information content (AvgIpc) is 3.05. The minimum absolute atomic E-state index is 0.107. The van der Waals surface area contributed by atoms with Crippen molar-refractivity contribution in [1.82, 2.24) is 14.8 Å². The van der Waals surface area contributed by atoms with Crippen molar-refractivity contribution < 1.29 is 9.53 Å². The van der Waals surface area contributed by atoms with E-state index in [1.165, 1.54) is 0 Å². The van der Waals surface area contributed by atoms with Crippen LogP contribution in [0.3, 0.4) is 0 Å². The number of allylic oxidation sites excluding steroid dienone is 2. The SMILES string of the molecule is CCOC1=C(C#N)C(=O)C(C)(C)CC1c1ncccc1-c1cnn(C)c1. The maximum absolute atomic E-state index is 12.7. The summed E-state index contributed by atoms with van der Waals surface area (Å²) in [7, 11) is 1.86. The summed E-state index contributed by atoms with van der Waals surface area (Å²) in [5.41, 5.74) is 2.14. The molecule has 2 aromatic heterocycles. The highest BCUT2D eigenvalue weighted by Gasteiger charge is 2.44. The Labute approximate surface area is 153 Å². The smallest absolute Gasteiger partial charge is 0.182 e. The highest BCUT2D eigenvalue weighted by molar-refractivity contribution is 6.04. The number of ketones is 1. The topological polar surface area (TPSA) is 80.8 Å². The van der Waals surface area contributed by atoms with E-state index < -0.39 is 5.41 Å². The number of nitriles is 1. The minimum Gasteiger partial charge on any atom is -0.496 e. The second-order valence-corrected chi connectivity index (χ2v) is 7.09. The first-order chi connectivity index (χ1) is 12.4. The van der Waals surface area contributed by atoms with Crippen LogP contribution in [-0.2, 0) is 16.6 Å². The van der Waals surface area contributed by atoms with Gasteiger partial charge < -0.3 is 4.74 Å². The van der Waals surface area contributed by atoms with Gasteiger partial charge in [-0.3, -0.25) is 14.5 Å². The largest absolute Gasteiger partial charge is 0.496 e. The number of carbonyl (C=O) groups is 1. The predicted octanol–water partition coefficient (Wildman–Crippen LogP) is 3.38. The van der Waals surface area contributed by atoms with E-state index in [2.05, 4.69) is 16.2 Å². The van der Waals surface area contributed by atoms with Gasteiger partial charge in [0.25, 0.3) is 0 Å². The van der Waals surface area contributed by atoms with Gasteiger partial charge in [0.15, 0.2) is 5.78 Å². The predicted molar refractivity (Wildman–Crippen MR) is 96.9 cm³/mol. The molecule has 2 heterocycles. The molecule has 0 bridgehead atoms. The van der Waals surface area contributed by atoms with Crippen LogP contribution in [0.5, 0.6) is 0 Å². The molecule has 2 aromatic rings. The molecule has 26 heavy (non-hydrogen) atoms. The van der Waals surface area contributed by atoms with E-state index in [0.29, 0.717) is 18.8 Å². The first-order valence-electron chi connectivity index (χ1n) is 8.64. The second kappa shape index (κ2) is 6.75. The van der Waals surface area contributed by atoms with Crippen molar-refractivity contribution in [3.05, 3.63) is 47.7 Å². The lowest BCUT2D eigenvalue weighted by molar-refractivity contribution is -0.124. The fourth-order valence-corrected chi connectivity index (χ4v) is 3.47.